The molecule has 0 aromatic carbocycles. The first kappa shape index (κ1) is 11.1. The summed E-state index contributed by atoms with van der Waals surface area (Å²) in [7, 11) is 0. The van der Waals surface area contributed by atoms with Gasteiger partial charge in [-0.05, 0) is 30.7 Å². The number of rotatable bonds is 2. The van der Waals surface area contributed by atoms with Gasteiger partial charge in [0, 0.05) is 38.4 Å². The summed E-state index contributed by atoms with van der Waals surface area (Å²) in [5.74, 6) is 1.59. The summed E-state index contributed by atoms with van der Waals surface area (Å²) in [6.07, 6.45) is 6.35. The van der Waals surface area contributed by atoms with E-state index in [4.69, 9.17) is 4.42 Å². The molecule has 5 nitrogen and oxygen atoms in total. The molecular formula is C15H18N4O. The zero-order valence-electron chi connectivity index (χ0n) is 11.4. The largest absolute Gasteiger partial charge is 0.422 e. The number of fused-ring (bicyclic) bond motifs is 2. The van der Waals surface area contributed by atoms with Crippen LogP contribution in [0, 0.1) is 11.8 Å². The normalized spacial score (nSPS) is 30.3. The maximum atomic E-state index is 5.84. The average Bonchev–Trinajstić information content (AvgIpc) is 2.93. The Hall–Kier alpha value is -1.62. The van der Waals surface area contributed by atoms with Crippen molar-refractivity contribution >= 4 is 17.1 Å². The predicted octanol–water partition coefficient (Wildman–Crippen LogP) is 1.75. The van der Waals surface area contributed by atoms with Gasteiger partial charge < -0.3 is 9.32 Å². The first-order valence-corrected chi connectivity index (χ1v) is 7.56. The Bertz CT molecular complexity index is 603. The highest BCUT2D eigenvalue weighted by molar-refractivity contribution is 5.73. The molecule has 20 heavy (non-hydrogen) atoms. The highest BCUT2D eigenvalue weighted by atomic mass is 16.4. The van der Waals surface area contributed by atoms with Crippen molar-refractivity contribution in [2.45, 2.75) is 18.9 Å². The number of pyridine rings is 1. The van der Waals surface area contributed by atoms with Gasteiger partial charge in [0.1, 0.15) is 5.52 Å². The molecule has 3 fully saturated rings. The molecule has 104 valence electrons. The van der Waals surface area contributed by atoms with Crippen molar-refractivity contribution in [1.29, 1.82) is 0 Å². The highest BCUT2D eigenvalue weighted by Crippen LogP contribution is 2.39. The lowest BCUT2D eigenvalue weighted by Crippen LogP contribution is -2.30. The maximum absolute atomic E-state index is 5.84. The SMILES string of the molecule is c1cc2nc(N3CC4CN(C5CC5)CC4C3)oc2cn1. The van der Waals surface area contributed by atoms with E-state index in [2.05, 4.69) is 19.8 Å². The quantitative estimate of drug-likeness (QED) is 0.832. The van der Waals surface area contributed by atoms with E-state index >= 15 is 0 Å². The van der Waals surface area contributed by atoms with Gasteiger partial charge in [0.05, 0.1) is 6.20 Å². The molecule has 0 spiro atoms. The lowest BCUT2D eigenvalue weighted by atomic mass is 10.0. The van der Waals surface area contributed by atoms with Gasteiger partial charge in [-0.2, -0.15) is 4.98 Å². The molecule has 3 aliphatic rings. The van der Waals surface area contributed by atoms with E-state index in [-0.39, 0.29) is 0 Å². The zero-order valence-corrected chi connectivity index (χ0v) is 11.4. The number of nitrogens with zero attached hydrogens (tertiary/aromatic N) is 4. The van der Waals surface area contributed by atoms with Crippen molar-refractivity contribution in [3.05, 3.63) is 18.5 Å². The van der Waals surface area contributed by atoms with Crippen LogP contribution in [0.1, 0.15) is 12.8 Å². The second kappa shape index (κ2) is 3.95. The molecule has 5 heteroatoms. The first-order valence-electron chi connectivity index (χ1n) is 7.56. The fourth-order valence-corrected chi connectivity index (χ4v) is 3.83. The monoisotopic (exact) mass is 270 g/mol. The summed E-state index contributed by atoms with van der Waals surface area (Å²) in [6.45, 7) is 4.73. The molecule has 1 saturated carbocycles. The number of hydrogen-bond donors (Lipinski definition) is 0. The topological polar surface area (TPSA) is 45.4 Å². The molecule has 0 bridgehead atoms. The van der Waals surface area contributed by atoms with Crippen molar-refractivity contribution in [2.75, 3.05) is 31.1 Å². The number of oxazole rings is 1. The molecule has 2 aromatic rings. The van der Waals surface area contributed by atoms with Gasteiger partial charge >= 0.3 is 0 Å². The molecule has 4 heterocycles. The van der Waals surface area contributed by atoms with Crippen LogP contribution < -0.4 is 4.90 Å². The van der Waals surface area contributed by atoms with E-state index in [9.17, 15) is 0 Å². The van der Waals surface area contributed by atoms with Crippen molar-refractivity contribution in [1.82, 2.24) is 14.9 Å². The van der Waals surface area contributed by atoms with E-state index in [1.54, 1.807) is 12.4 Å². The Morgan fingerprint density at radius 1 is 1.10 bits per heavy atom. The number of aromatic nitrogens is 2. The Morgan fingerprint density at radius 2 is 1.90 bits per heavy atom. The molecule has 2 aliphatic heterocycles. The van der Waals surface area contributed by atoms with Crippen LogP contribution in [0.2, 0.25) is 0 Å². The maximum Gasteiger partial charge on any atom is 0.298 e. The molecule has 2 saturated heterocycles. The number of likely N-dealkylation sites (tertiary alicyclic amines) is 1. The van der Waals surface area contributed by atoms with Crippen LogP contribution in [0.15, 0.2) is 22.9 Å². The molecular weight excluding hydrogens is 252 g/mol. The van der Waals surface area contributed by atoms with E-state index in [1.807, 2.05) is 6.07 Å². The molecule has 0 N–H and O–H groups in total. The van der Waals surface area contributed by atoms with Crippen LogP contribution in [0.25, 0.3) is 11.1 Å². The smallest absolute Gasteiger partial charge is 0.298 e. The second-order valence-electron chi connectivity index (χ2n) is 6.45. The third-order valence-corrected chi connectivity index (χ3v) is 5.03. The van der Waals surface area contributed by atoms with Crippen molar-refractivity contribution in [2.24, 2.45) is 11.8 Å². The Labute approximate surface area is 117 Å². The van der Waals surface area contributed by atoms with Gasteiger partial charge in [-0.1, -0.05) is 0 Å². The predicted molar refractivity (Wildman–Crippen MR) is 75.6 cm³/mol. The number of anilines is 1. The standard InChI is InChI=1S/C15H18N4O/c1-2-12(1)18-6-10-8-19(9-11(10)7-18)15-17-13-3-4-16-5-14(13)20-15/h3-5,10-12H,1-2,6-9H2. The van der Waals surface area contributed by atoms with E-state index in [0.717, 1.165) is 48.1 Å². The summed E-state index contributed by atoms with van der Waals surface area (Å²) < 4.78 is 5.84. The highest BCUT2D eigenvalue weighted by Gasteiger charge is 2.45. The van der Waals surface area contributed by atoms with Gasteiger partial charge in [-0.3, -0.25) is 9.88 Å². The van der Waals surface area contributed by atoms with E-state index in [0.29, 0.717) is 0 Å². The van der Waals surface area contributed by atoms with Crippen LogP contribution in [0.4, 0.5) is 6.01 Å². The minimum Gasteiger partial charge on any atom is -0.422 e. The molecule has 0 amide bonds. The fourth-order valence-electron chi connectivity index (χ4n) is 3.83. The lowest BCUT2D eigenvalue weighted by Gasteiger charge is -2.19. The van der Waals surface area contributed by atoms with Gasteiger partial charge in [0.15, 0.2) is 5.58 Å². The molecule has 5 rings (SSSR count). The van der Waals surface area contributed by atoms with Gasteiger partial charge in [0.25, 0.3) is 6.01 Å². The van der Waals surface area contributed by atoms with E-state index < -0.39 is 0 Å². The second-order valence-corrected chi connectivity index (χ2v) is 6.45. The van der Waals surface area contributed by atoms with Crippen molar-refractivity contribution in [3.8, 4) is 0 Å². The molecule has 2 atom stereocenters. The summed E-state index contributed by atoms with van der Waals surface area (Å²) in [5, 5.41) is 0. The summed E-state index contributed by atoms with van der Waals surface area (Å²) >= 11 is 0. The summed E-state index contributed by atoms with van der Waals surface area (Å²) in [6, 6.07) is 3.60. The lowest BCUT2D eigenvalue weighted by molar-refractivity contribution is 0.305. The molecule has 1 aliphatic carbocycles. The van der Waals surface area contributed by atoms with Crippen molar-refractivity contribution < 1.29 is 4.42 Å². The Kier molecular flexibility index (Phi) is 2.19. The Balaban J connectivity index is 1.36. The molecule has 2 unspecified atom stereocenters. The minimum absolute atomic E-state index is 0.778. The van der Waals surface area contributed by atoms with Gasteiger partial charge in [-0.15, -0.1) is 0 Å². The van der Waals surface area contributed by atoms with Crippen molar-refractivity contribution in [3.63, 3.8) is 0 Å². The van der Waals surface area contributed by atoms with Gasteiger partial charge in [0.2, 0.25) is 0 Å². The van der Waals surface area contributed by atoms with Crippen LogP contribution in [-0.2, 0) is 0 Å². The average molecular weight is 270 g/mol. The minimum atomic E-state index is 0.778. The molecule has 0 radical (unpaired) electrons. The third kappa shape index (κ3) is 1.66. The van der Waals surface area contributed by atoms with Crippen LogP contribution in [0.5, 0.6) is 0 Å². The van der Waals surface area contributed by atoms with Crippen LogP contribution in [-0.4, -0.2) is 47.1 Å². The van der Waals surface area contributed by atoms with Gasteiger partial charge in [-0.25, -0.2) is 0 Å². The van der Waals surface area contributed by atoms with Crippen LogP contribution >= 0.6 is 0 Å². The Morgan fingerprint density at radius 3 is 2.60 bits per heavy atom. The van der Waals surface area contributed by atoms with Crippen LogP contribution in [0.3, 0.4) is 0 Å². The first-order chi connectivity index (χ1) is 9.87. The third-order valence-electron chi connectivity index (χ3n) is 5.03. The fraction of sp³-hybridized carbons (Fsp3) is 0.600. The molecule has 2 aromatic heterocycles. The summed E-state index contributed by atoms with van der Waals surface area (Å²) in [4.78, 5) is 13.7. The van der Waals surface area contributed by atoms with E-state index in [1.165, 1.54) is 25.9 Å². The zero-order chi connectivity index (χ0) is 13.1. The number of hydrogen-bond acceptors (Lipinski definition) is 5. The summed E-state index contributed by atoms with van der Waals surface area (Å²) in [5.41, 5.74) is 1.70.